The number of methoxy groups -OCH3 is 1. The Balaban J connectivity index is 0.00000175. The van der Waals surface area contributed by atoms with Gasteiger partial charge in [0.05, 0.1) is 53.4 Å². The van der Waals surface area contributed by atoms with Crippen LogP contribution in [0.1, 0.15) is 33.1 Å². The van der Waals surface area contributed by atoms with E-state index in [9.17, 15) is 32.7 Å². The van der Waals surface area contributed by atoms with Crippen LogP contribution in [0.3, 0.4) is 0 Å². The van der Waals surface area contributed by atoms with Crippen molar-refractivity contribution in [2.24, 2.45) is 13.0 Å². The van der Waals surface area contributed by atoms with Gasteiger partial charge in [0.15, 0.2) is 17.3 Å². The van der Waals surface area contributed by atoms with Crippen LogP contribution in [0.5, 0.6) is 5.75 Å². The molecule has 2 saturated heterocycles. The number of carboxylic acid groups (broad SMARTS) is 1. The minimum Gasteiger partial charge on any atom is -0.495 e. The van der Waals surface area contributed by atoms with Crippen LogP contribution in [0.15, 0.2) is 48.9 Å². The maximum atomic E-state index is 14.1. The normalized spacial score (nSPS) is 17.4. The summed E-state index contributed by atoms with van der Waals surface area (Å²) in [5, 5.41) is 26.6. The molecule has 3 aromatic heterocycles. The molecule has 2 aliphatic heterocycles. The molecule has 53 heavy (non-hydrogen) atoms. The molecule has 5 heterocycles. The van der Waals surface area contributed by atoms with E-state index in [4.69, 9.17) is 26.2 Å². The number of aromatic nitrogens is 5. The first-order valence-electron chi connectivity index (χ1n) is 16.1. The summed E-state index contributed by atoms with van der Waals surface area (Å²) in [5.41, 5.74) is -1.10. The van der Waals surface area contributed by atoms with Gasteiger partial charge in [-0.1, -0.05) is 11.6 Å². The molecule has 2 aliphatic rings. The van der Waals surface area contributed by atoms with E-state index in [2.05, 4.69) is 25.7 Å². The number of piperidine rings is 1. The molecule has 6 rings (SSSR count). The highest BCUT2D eigenvalue weighted by Crippen LogP contribution is 2.37. The summed E-state index contributed by atoms with van der Waals surface area (Å²) < 4.78 is 49.4. The zero-order valence-electron chi connectivity index (χ0n) is 28.4. The Morgan fingerprint density at radius 3 is 2.38 bits per heavy atom. The molecule has 0 saturated carbocycles. The smallest absolute Gasteiger partial charge is 0.435 e. The highest BCUT2D eigenvalue weighted by atomic mass is 35.5. The molecular formula is C33H35ClF3N9O7. The highest BCUT2D eigenvalue weighted by molar-refractivity contribution is 6.34. The van der Waals surface area contributed by atoms with E-state index in [1.54, 1.807) is 9.80 Å². The van der Waals surface area contributed by atoms with Crippen molar-refractivity contribution >= 4 is 41.5 Å². The Hall–Kier alpha value is -5.53. The van der Waals surface area contributed by atoms with Crippen molar-refractivity contribution in [1.29, 1.82) is 0 Å². The molecule has 0 unspecified atom stereocenters. The third-order valence-electron chi connectivity index (χ3n) is 8.74. The number of benzene rings is 1. The number of carbonyl (C=O) groups excluding carboxylic acids is 3. The maximum Gasteiger partial charge on any atom is 0.435 e. The molecule has 0 spiro atoms. The average Bonchev–Trinajstić information content (AvgIpc) is 3.76. The first kappa shape index (κ1) is 38.7. The van der Waals surface area contributed by atoms with E-state index in [-0.39, 0.29) is 70.5 Å². The fraction of sp³-hybridized carbons (Fsp3) is 0.364. The topological polar surface area (TPSA) is 197 Å². The van der Waals surface area contributed by atoms with Crippen LogP contribution in [-0.4, -0.2) is 121 Å². The number of alkyl halides is 3. The summed E-state index contributed by atoms with van der Waals surface area (Å²) in [6.07, 6.45) is -1.38. The molecule has 0 bridgehead atoms. The highest BCUT2D eigenvalue weighted by Gasteiger charge is 2.39. The molecule has 4 N–H and O–H groups in total. The number of aliphatic hydroxyl groups is 1. The lowest BCUT2D eigenvalue weighted by Crippen LogP contribution is -2.55. The number of amides is 3. The number of halogens is 4. The number of nitrogens with zero attached hydrogens (tertiary/aromatic N) is 7. The lowest BCUT2D eigenvalue weighted by atomic mass is 9.93. The number of aliphatic hydroxyl groups excluding tert-OH is 1. The van der Waals surface area contributed by atoms with Gasteiger partial charge >= 0.3 is 6.18 Å². The molecule has 1 aromatic carbocycles. The number of β-amino-alcohol motifs (C(OH)–C–C–N with tert-alkyl or cyclic N) is 1. The third-order valence-corrected chi connectivity index (χ3v) is 9.06. The maximum absolute atomic E-state index is 14.1. The minimum absolute atomic E-state index is 0.0186. The fourth-order valence-electron chi connectivity index (χ4n) is 6.01. The first-order chi connectivity index (χ1) is 25.3. The van der Waals surface area contributed by atoms with E-state index >= 15 is 0 Å². The largest absolute Gasteiger partial charge is 0.495 e. The number of anilines is 1. The number of hydrogen-bond acceptors (Lipinski definition) is 10. The van der Waals surface area contributed by atoms with Gasteiger partial charge in [0.25, 0.3) is 18.3 Å². The molecule has 20 heteroatoms. The zero-order chi connectivity index (χ0) is 38.4. The number of hydrogen-bond donors (Lipinski definition) is 4. The summed E-state index contributed by atoms with van der Waals surface area (Å²) >= 11 is 6.47. The van der Waals surface area contributed by atoms with Gasteiger partial charge in [0.2, 0.25) is 5.91 Å². The predicted molar refractivity (Wildman–Crippen MR) is 183 cm³/mol. The van der Waals surface area contributed by atoms with Gasteiger partial charge in [0.1, 0.15) is 5.75 Å². The lowest BCUT2D eigenvalue weighted by molar-refractivity contribution is -0.142. The lowest BCUT2D eigenvalue weighted by Gasteiger charge is -2.38. The first-order valence-corrected chi connectivity index (χ1v) is 16.5. The number of carbonyl (C=O) groups is 4. The van der Waals surface area contributed by atoms with Crippen molar-refractivity contribution in [1.82, 2.24) is 39.4 Å². The summed E-state index contributed by atoms with van der Waals surface area (Å²) in [6, 6.07) is 7.32. The fourth-order valence-corrected chi connectivity index (χ4v) is 6.27. The number of imidazole rings is 1. The molecule has 2 atom stereocenters. The predicted octanol–water partition coefficient (Wildman–Crippen LogP) is 2.56. The molecule has 2 fully saturated rings. The average molecular weight is 762 g/mol. The quantitative estimate of drug-likeness (QED) is 0.202. The van der Waals surface area contributed by atoms with Crippen LogP contribution in [0.2, 0.25) is 5.02 Å². The van der Waals surface area contributed by atoms with Gasteiger partial charge in [-0.2, -0.15) is 18.3 Å². The summed E-state index contributed by atoms with van der Waals surface area (Å²) in [5.74, 6) is -1.32. The second-order valence-electron chi connectivity index (χ2n) is 12.0. The molecule has 282 valence electrons. The van der Waals surface area contributed by atoms with Crippen molar-refractivity contribution in [3.63, 3.8) is 0 Å². The van der Waals surface area contributed by atoms with Crippen LogP contribution in [0, 0.1) is 5.92 Å². The van der Waals surface area contributed by atoms with Gasteiger partial charge < -0.3 is 40.0 Å². The Morgan fingerprint density at radius 1 is 1.08 bits per heavy atom. The SMILES string of the molecule is COc1ccc(-n2cc(-c3cnc(C(=O)Nc4ccc(C(=O)N5CCN(C(=O)[C@@H]6CCNC[C@H]6O)CC5)c(Cl)c4)n3C)c(C(F)(F)F)n2)nc1.O=CO. The van der Waals surface area contributed by atoms with Crippen LogP contribution >= 0.6 is 11.6 Å². The summed E-state index contributed by atoms with van der Waals surface area (Å²) in [6.45, 7) is 1.99. The monoisotopic (exact) mass is 761 g/mol. The number of nitrogens with one attached hydrogen (secondary N) is 2. The van der Waals surface area contributed by atoms with Crippen LogP contribution < -0.4 is 15.4 Å². The van der Waals surface area contributed by atoms with Crippen LogP contribution in [0.25, 0.3) is 17.1 Å². The third kappa shape index (κ3) is 8.58. The molecule has 0 aliphatic carbocycles. The minimum atomic E-state index is -4.82. The number of rotatable bonds is 7. The van der Waals surface area contributed by atoms with E-state index < -0.39 is 29.8 Å². The van der Waals surface area contributed by atoms with E-state index in [0.29, 0.717) is 38.3 Å². The van der Waals surface area contributed by atoms with E-state index in [1.165, 1.54) is 55.3 Å². The van der Waals surface area contributed by atoms with Crippen molar-refractivity contribution < 1.29 is 47.3 Å². The van der Waals surface area contributed by atoms with Crippen molar-refractivity contribution in [3.8, 4) is 22.8 Å². The van der Waals surface area contributed by atoms with Gasteiger partial charge in [-0.15, -0.1) is 0 Å². The Morgan fingerprint density at radius 2 is 1.77 bits per heavy atom. The number of piperazine rings is 1. The Bertz CT molecular complexity index is 1960. The molecule has 16 nitrogen and oxygen atoms in total. The molecule has 3 amide bonds. The van der Waals surface area contributed by atoms with Crippen LogP contribution in [-0.2, 0) is 22.8 Å². The van der Waals surface area contributed by atoms with Crippen molar-refractivity contribution in [2.75, 3.05) is 51.7 Å². The Kier molecular flexibility index (Phi) is 12.0. The zero-order valence-corrected chi connectivity index (χ0v) is 29.1. The van der Waals surface area contributed by atoms with Crippen LogP contribution in [0.4, 0.5) is 18.9 Å². The summed E-state index contributed by atoms with van der Waals surface area (Å²) in [4.78, 5) is 59.2. The van der Waals surface area contributed by atoms with Crippen molar-refractivity contribution in [3.05, 3.63) is 71.0 Å². The second kappa shape index (κ2) is 16.4. The number of pyridine rings is 1. The van der Waals surface area contributed by atoms with Gasteiger partial charge in [-0.3, -0.25) is 19.2 Å². The van der Waals surface area contributed by atoms with Gasteiger partial charge in [-0.05, 0) is 43.3 Å². The summed E-state index contributed by atoms with van der Waals surface area (Å²) in [7, 11) is 2.84. The molecule has 0 radical (unpaired) electrons. The molecular weight excluding hydrogens is 727 g/mol. The molecule has 4 aromatic rings. The van der Waals surface area contributed by atoms with Gasteiger partial charge in [0, 0.05) is 51.7 Å². The second-order valence-corrected chi connectivity index (χ2v) is 12.4. The van der Waals surface area contributed by atoms with Crippen molar-refractivity contribution in [2.45, 2.75) is 18.7 Å². The van der Waals surface area contributed by atoms with Gasteiger partial charge in [-0.25, -0.2) is 14.6 Å². The number of ether oxygens (including phenoxy) is 1. The Labute approximate surface area is 305 Å². The van der Waals surface area contributed by atoms with E-state index in [0.717, 1.165) is 17.1 Å². The standard InChI is InChI=1S/C32H33ClF3N9O5.CH2O2/c1-42-24(22-17-45(41-27(22)32(34,35)36)26-6-4-19(50-2)14-38-26)15-39-28(42)29(47)40-18-3-5-20(23(33)13-18)30(48)43-9-11-44(12-10-43)31(49)21-7-8-37-16-25(21)46;2-1-3/h3-6,13-15,17,21,25,37,46H,7-12,16H2,1-2H3,(H,40,47);1H,(H,2,3)/t21-,25-;/m1./s1. The van der Waals surface area contributed by atoms with E-state index in [1.807, 2.05) is 0 Å².